The van der Waals surface area contributed by atoms with Crippen LogP contribution in [0.25, 0.3) is 0 Å². The predicted molar refractivity (Wildman–Crippen MR) is 106 cm³/mol. The molecule has 0 atom stereocenters. The molecule has 2 saturated carbocycles. The largest absolute Gasteiger partial charge is 0.493 e. The molecule has 0 radical (unpaired) electrons. The van der Waals surface area contributed by atoms with Gasteiger partial charge in [0.05, 0.1) is 6.61 Å². The maximum atomic E-state index is 6.01. The van der Waals surface area contributed by atoms with Gasteiger partial charge in [-0.3, -0.25) is 4.99 Å². The molecule has 1 aromatic rings. The van der Waals surface area contributed by atoms with Crippen molar-refractivity contribution in [3.05, 3.63) is 29.8 Å². The molecule has 26 heavy (non-hydrogen) atoms. The number of benzene rings is 1. The quantitative estimate of drug-likeness (QED) is 0.583. The van der Waals surface area contributed by atoms with E-state index in [4.69, 9.17) is 4.74 Å². The second-order valence-electron chi connectivity index (χ2n) is 7.97. The van der Waals surface area contributed by atoms with Crippen LogP contribution in [-0.4, -0.2) is 49.7 Å². The first-order valence-electron chi connectivity index (χ1n) is 10.2. The summed E-state index contributed by atoms with van der Waals surface area (Å²) in [6.45, 7) is 4.03. The lowest BCUT2D eigenvalue weighted by molar-refractivity contribution is 0.197. The molecule has 0 spiro atoms. The Morgan fingerprint density at radius 2 is 1.88 bits per heavy atom. The van der Waals surface area contributed by atoms with Crippen LogP contribution in [-0.2, 0) is 6.54 Å². The molecule has 142 valence electrons. The molecule has 1 saturated heterocycles. The molecule has 1 heterocycles. The van der Waals surface area contributed by atoms with Crippen molar-refractivity contribution < 1.29 is 4.74 Å². The number of likely N-dealkylation sites (tertiary alicyclic amines) is 1. The van der Waals surface area contributed by atoms with Gasteiger partial charge in [0.2, 0.25) is 0 Å². The number of hydrogen-bond donors (Lipinski definition) is 2. The number of nitrogens with one attached hydrogen (secondary N) is 2. The van der Waals surface area contributed by atoms with Crippen LogP contribution < -0.4 is 15.4 Å². The first-order chi connectivity index (χ1) is 12.8. The molecular formula is C21H32N4O. The van der Waals surface area contributed by atoms with Crippen molar-refractivity contribution in [3.63, 3.8) is 0 Å². The summed E-state index contributed by atoms with van der Waals surface area (Å²) in [6.07, 6.45) is 7.86. The molecule has 0 aromatic heterocycles. The van der Waals surface area contributed by atoms with E-state index in [1.165, 1.54) is 57.2 Å². The molecule has 0 amide bonds. The van der Waals surface area contributed by atoms with Crippen molar-refractivity contribution in [2.45, 2.75) is 57.2 Å². The van der Waals surface area contributed by atoms with Gasteiger partial charge in [-0.15, -0.1) is 0 Å². The zero-order chi connectivity index (χ0) is 17.8. The Morgan fingerprint density at radius 1 is 1.12 bits per heavy atom. The van der Waals surface area contributed by atoms with Gasteiger partial charge in [-0.2, -0.15) is 0 Å². The first-order valence-corrected chi connectivity index (χ1v) is 10.2. The lowest BCUT2D eigenvalue weighted by atomic mass is 10.1. The van der Waals surface area contributed by atoms with Gasteiger partial charge in [-0.05, 0) is 50.5 Å². The number of nitrogens with zero attached hydrogens (tertiary/aromatic N) is 2. The summed E-state index contributed by atoms with van der Waals surface area (Å²) in [5.74, 6) is 2.67. The van der Waals surface area contributed by atoms with E-state index in [0.29, 0.717) is 6.04 Å². The second kappa shape index (κ2) is 8.30. The lowest BCUT2D eigenvalue weighted by Crippen LogP contribution is -2.48. The van der Waals surface area contributed by atoms with Gasteiger partial charge in [0.25, 0.3) is 0 Å². The molecular weight excluding hydrogens is 324 g/mol. The summed E-state index contributed by atoms with van der Waals surface area (Å²) in [4.78, 5) is 7.07. The smallest absolute Gasteiger partial charge is 0.191 e. The fourth-order valence-corrected chi connectivity index (χ4v) is 3.70. The van der Waals surface area contributed by atoms with Gasteiger partial charge in [0.1, 0.15) is 5.75 Å². The average Bonchev–Trinajstić information content (AvgIpc) is 3.58. The average molecular weight is 357 g/mol. The number of para-hydroxylation sites is 1. The van der Waals surface area contributed by atoms with Gasteiger partial charge < -0.3 is 20.3 Å². The summed E-state index contributed by atoms with van der Waals surface area (Å²) in [5.41, 5.74) is 1.19. The zero-order valence-corrected chi connectivity index (χ0v) is 15.9. The van der Waals surface area contributed by atoms with Crippen LogP contribution in [0.5, 0.6) is 5.75 Å². The third kappa shape index (κ3) is 4.91. The standard InChI is InChI=1S/C21H32N4O/c1-22-21(24-18-10-12-25(13-11-18)19-8-9-19)23-14-17-4-2-3-5-20(17)26-15-16-6-7-16/h2-5,16,18-19H,6-15H2,1H3,(H2,22,23,24). The maximum Gasteiger partial charge on any atom is 0.191 e. The highest BCUT2D eigenvalue weighted by Crippen LogP contribution is 2.30. The van der Waals surface area contributed by atoms with Gasteiger partial charge >= 0.3 is 0 Å². The molecule has 0 unspecified atom stereocenters. The molecule has 5 nitrogen and oxygen atoms in total. The molecule has 4 rings (SSSR count). The number of aliphatic imine (C=N–C) groups is 1. The minimum atomic E-state index is 0.526. The Kier molecular flexibility index (Phi) is 5.63. The summed E-state index contributed by atoms with van der Waals surface area (Å²) in [7, 11) is 1.85. The van der Waals surface area contributed by atoms with Crippen molar-refractivity contribution in [3.8, 4) is 5.75 Å². The minimum Gasteiger partial charge on any atom is -0.493 e. The highest BCUT2D eigenvalue weighted by molar-refractivity contribution is 5.80. The topological polar surface area (TPSA) is 48.9 Å². The van der Waals surface area contributed by atoms with Crippen LogP contribution in [0.1, 0.15) is 44.1 Å². The van der Waals surface area contributed by atoms with Crippen LogP contribution >= 0.6 is 0 Å². The normalized spacial score (nSPS) is 22.3. The van der Waals surface area contributed by atoms with Gasteiger partial charge in [0.15, 0.2) is 5.96 Å². The molecule has 2 aliphatic carbocycles. The van der Waals surface area contributed by atoms with E-state index in [2.05, 4.69) is 38.7 Å². The van der Waals surface area contributed by atoms with Gasteiger partial charge in [0, 0.05) is 44.3 Å². The van der Waals surface area contributed by atoms with Crippen LogP contribution in [0.4, 0.5) is 0 Å². The number of hydrogen-bond acceptors (Lipinski definition) is 3. The maximum absolute atomic E-state index is 6.01. The summed E-state index contributed by atoms with van der Waals surface area (Å²) in [5, 5.41) is 7.08. The zero-order valence-electron chi connectivity index (χ0n) is 15.9. The number of piperidine rings is 1. The highest BCUT2D eigenvalue weighted by atomic mass is 16.5. The van der Waals surface area contributed by atoms with E-state index in [1.54, 1.807) is 0 Å². The Labute approximate surface area is 157 Å². The second-order valence-corrected chi connectivity index (χ2v) is 7.97. The number of rotatable bonds is 7. The Hall–Kier alpha value is -1.75. The summed E-state index contributed by atoms with van der Waals surface area (Å²) >= 11 is 0. The molecule has 2 N–H and O–H groups in total. The molecule has 0 bridgehead atoms. The fourth-order valence-electron chi connectivity index (χ4n) is 3.70. The Balaban J connectivity index is 1.25. The van der Waals surface area contributed by atoms with Crippen molar-refractivity contribution in [2.24, 2.45) is 10.9 Å². The van der Waals surface area contributed by atoms with Gasteiger partial charge in [-0.1, -0.05) is 18.2 Å². The van der Waals surface area contributed by atoms with Crippen LogP contribution in [0, 0.1) is 5.92 Å². The first kappa shape index (κ1) is 17.7. The Bertz CT molecular complexity index is 616. The Morgan fingerprint density at radius 3 is 2.58 bits per heavy atom. The number of guanidine groups is 1. The van der Waals surface area contributed by atoms with E-state index in [9.17, 15) is 0 Å². The van der Waals surface area contributed by atoms with E-state index in [-0.39, 0.29) is 0 Å². The van der Waals surface area contributed by atoms with Crippen molar-refractivity contribution in [1.82, 2.24) is 15.5 Å². The van der Waals surface area contributed by atoms with Crippen molar-refractivity contribution >= 4 is 5.96 Å². The fraction of sp³-hybridized carbons (Fsp3) is 0.667. The molecule has 3 fully saturated rings. The molecule has 3 aliphatic rings. The van der Waals surface area contributed by atoms with Crippen molar-refractivity contribution in [1.29, 1.82) is 0 Å². The molecule has 5 heteroatoms. The lowest BCUT2D eigenvalue weighted by Gasteiger charge is -2.33. The van der Waals surface area contributed by atoms with E-state index in [1.807, 2.05) is 13.1 Å². The summed E-state index contributed by atoms with van der Waals surface area (Å²) in [6, 6.07) is 9.75. The van der Waals surface area contributed by atoms with E-state index < -0.39 is 0 Å². The highest BCUT2D eigenvalue weighted by Gasteiger charge is 2.31. The minimum absolute atomic E-state index is 0.526. The third-order valence-electron chi connectivity index (χ3n) is 5.75. The third-order valence-corrected chi connectivity index (χ3v) is 5.75. The monoisotopic (exact) mass is 356 g/mol. The van der Waals surface area contributed by atoms with E-state index in [0.717, 1.165) is 36.8 Å². The SMILES string of the molecule is CN=C(NCc1ccccc1OCC1CC1)NC1CCN(C2CC2)CC1. The molecule has 1 aliphatic heterocycles. The number of ether oxygens (including phenoxy) is 1. The van der Waals surface area contributed by atoms with Crippen LogP contribution in [0.3, 0.4) is 0 Å². The van der Waals surface area contributed by atoms with Crippen LogP contribution in [0.15, 0.2) is 29.3 Å². The van der Waals surface area contributed by atoms with E-state index >= 15 is 0 Å². The molecule has 1 aromatic carbocycles. The van der Waals surface area contributed by atoms with Gasteiger partial charge in [-0.25, -0.2) is 0 Å². The predicted octanol–water partition coefficient (Wildman–Crippen LogP) is 2.77. The van der Waals surface area contributed by atoms with Crippen LogP contribution in [0.2, 0.25) is 0 Å². The summed E-state index contributed by atoms with van der Waals surface area (Å²) < 4.78 is 6.01. The van der Waals surface area contributed by atoms with Crippen molar-refractivity contribution in [2.75, 3.05) is 26.7 Å².